The minimum Gasteiger partial charge on any atom is -0.378 e. The van der Waals surface area contributed by atoms with Gasteiger partial charge in [0.15, 0.2) is 0 Å². The largest absolute Gasteiger partial charge is 0.378 e. The van der Waals surface area contributed by atoms with Gasteiger partial charge in [0.1, 0.15) is 6.33 Å². The topological polar surface area (TPSA) is 81.4 Å². The highest BCUT2D eigenvalue weighted by Crippen LogP contribution is 2.24. The van der Waals surface area contributed by atoms with Gasteiger partial charge in [0.25, 0.3) is 0 Å². The van der Waals surface area contributed by atoms with Crippen molar-refractivity contribution in [2.24, 2.45) is 0 Å². The number of ether oxygens (including phenoxy) is 2. The van der Waals surface area contributed by atoms with Gasteiger partial charge < -0.3 is 19.3 Å². The van der Waals surface area contributed by atoms with Crippen molar-refractivity contribution in [1.29, 1.82) is 0 Å². The molecule has 3 aromatic rings. The molecule has 4 heterocycles. The van der Waals surface area contributed by atoms with Crippen LogP contribution >= 0.6 is 0 Å². The molecule has 2 saturated heterocycles. The molecule has 2 aliphatic rings. The molecule has 2 fully saturated rings. The maximum atomic E-state index is 5.79. The molecule has 0 bridgehead atoms. The Bertz CT molecular complexity index is 1000. The molecule has 0 N–H and O–H groups in total. The SMILES string of the molecule is C[C@@H]1OCCN(c2nc(N3CCOCC3)nc(-n3cnc4ccccc43)n2)[C@@H]1C. The summed E-state index contributed by atoms with van der Waals surface area (Å²) in [6.07, 6.45) is 1.89. The number of fused-ring (bicyclic) bond motifs is 1. The average Bonchev–Trinajstić information content (AvgIpc) is 3.20. The average molecular weight is 395 g/mol. The first-order valence-corrected chi connectivity index (χ1v) is 10.1. The summed E-state index contributed by atoms with van der Waals surface area (Å²) in [5.74, 6) is 1.94. The van der Waals surface area contributed by atoms with Crippen molar-refractivity contribution in [1.82, 2.24) is 24.5 Å². The van der Waals surface area contributed by atoms with Crippen LogP contribution in [-0.2, 0) is 9.47 Å². The summed E-state index contributed by atoms with van der Waals surface area (Å²) < 4.78 is 13.2. The van der Waals surface area contributed by atoms with Crippen molar-refractivity contribution in [3.05, 3.63) is 30.6 Å². The molecule has 0 radical (unpaired) electrons. The van der Waals surface area contributed by atoms with Crippen molar-refractivity contribution in [2.45, 2.75) is 26.0 Å². The highest BCUT2D eigenvalue weighted by Gasteiger charge is 2.29. The molecule has 5 rings (SSSR count). The maximum absolute atomic E-state index is 5.79. The Balaban J connectivity index is 1.62. The molecule has 0 saturated carbocycles. The summed E-state index contributed by atoms with van der Waals surface area (Å²) in [7, 11) is 0. The number of morpholine rings is 2. The maximum Gasteiger partial charge on any atom is 0.242 e. The number of aromatic nitrogens is 5. The molecule has 29 heavy (non-hydrogen) atoms. The lowest BCUT2D eigenvalue weighted by Gasteiger charge is -2.38. The second-order valence-corrected chi connectivity index (χ2v) is 7.45. The molecule has 1 aromatic carbocycles. The van der Waals surface area contributed by atoms with Crippen LogP contribution in [0.1, 0.15) is 13.8 Å². The van der Waals surface area contributed by atoms with Crippen LogP contribution in [0.4, 0.5) is 11.9 Å². The molecule has 0 unspecified atom stereocenters. The summed E-state index contributed by atoms with van der Waals surface area (Å²) in [5, 5.41) is 0. The Morgan fingerprint density at radius 3 is 2.52 bits per heavy atom. The molecule has 152 valence electrons. The van der Waals surface area contributed by atoms with E-state index >= 15 is 0 Å². The number of para-hydroxylation sites is 2. The fraction of sp³-hybridized carbons (Fsp3) is 0.500. The summed E-state index contributed by atoms with van der Waals surface area (Å²) in [4.78, 5) is 23.4. The van der Waals surface area contributed by atoms with E-state index in [1.807, 2.05) is 28.8 Å². The van der Waals surface area contributed by atoms with E-state index in [0.29, 0.717) is 37.7 Å². The lowest BCUT2D eigenvalue weighted by atomic mass is 10.1. The van der Waals surface area contributed by atoms with Crippen molar-refractivity contribution in [2.75, 3.05) is 49.3 Å². The monoisotopic (exact) mass is 395 g/mol. The van der Waals surface area contributed by atoms with Crippen molar-refractivity contribution in [3.8, 4) is 5.95 Å². The molecule has 0 spiro atoms. The fourth-order valence-corrected chi connectivity index (χ4v) is 3.82. The van der Waals surface area contributed by atoms with Gasteiger partial charge in [0.05, 0.1) is 43.0 Å². The number of hydrogen-bond acceptors (Lipinski definition) is 8. The van der Waals surface area contributed by atoms with Gasteiger partial charge in [-0.3, -0.25) is 4.57 Å². The van der Waals surface area contributed by atoms with Crippen molar-refractivity contribution < 1.29 is 9.47 Å². The van der Waals surface area contributed by atoms with E-state index in [2.05, 4.69) is 28.6 Å². The van der Waals surface area contributed by atoms with Crippen LogP contribution in [0, 0.1) is 0 Å². The number of imidazole rings is 1. The van der Waals surface area contributed by atoms with E-state index in [-0.39, 0.29) is 12.1 Å². The Kier molecular flexibility index (Phi) is 4.76. The Morgan fingerprint density at radius 1 is 0.897 bits per heavy atom. The third-order valence-corrected chi connectivity index (χ3v) is 5.70. The summed E-state index contributed by atoms with van der Waals surface area (Å²) in [6, 6.07) is 8.17. The quantitative estimate of drug-likeness (QED) is 0.662. The molecule has 2 atom stereocenters. The van der Waals surface area contributed by atoms with Crippen molar-refractivity contribution >= 4 is 22.9 Å². The number of anilines is 2. The molecule has 2 aliphatic heterocycles. The Labute approximate surface area is 169 Å². The molecular weight excluding hydrogens is 370 g/mol. The van der Waals surface area contributed by atoms with Gasteiger partial charge >= 0.3 is 0 Å². The van der Waals surface area contributed by atoms with Gasteiger partial charge in [0, 0.05) is 19.6 Å². The lowest BCUT2D eigenvalue weighted by molar-refractivity contribution is 0.0277. The van der Waals surface area contributed by atoms with Gasteiger partial charge in [-0.1, -0.05) is 12.1 Å². The van der Waals surface area contributed by atoms with Crippen LogP contribution in [0.2, 0.25) is 0 Å². The highest BCUT2D eigenvalue weighted by molar-refractivity contribution is 5.76. The minimum atomic E-state index is 0.116. The summed E-state index contributed by atoms with van der Waals surface area (Å²) in [6.45, 7) is 8.53. The number of nitrogens with zero attached hydrogens (tertiary/aromatic N) is 7. The Morgan fingerprint density at radius 2 is 1.66 bits per heavy atom. The molecule has 9 nitrogen and oxygen atoms in total. The van der Waals surface area contributed by atoms with E-state index in [1.54, 1.807) is 6.33 Å². The zero-order valence-electron chi connectivity index (χ0n) is 16.7. The van der Waals surface area contributed by atoms with Gasteiger partial charge in [-0.25, -0.2) is 4.98 Å². The fourth-order valence-electron chi connectivity index (χ4n) is 3.82. The van der Waals surface area contributed by atoms with Gasteiger partial charge in [0.2, 0.25) is 17.8 Å². The van der Waals surface area contributed by atoms with Crippen LogP contribution in [0.3, 0.4) is 0 Å². The van der Waals surface area contributed by atoms with Crippen molar-refractivity contribution in [3.63, 3.8) is 0 Å². The van der Waals surface area contributed by atoms with Gasteiger partial charge in [-0.15, -0.1) is 0 Å². The van der Waals surface area contributed by atoms with Crippen LogP contribution in [-0.4, -0.2) is 76.1 Å². The molecule has 2 aromatic heterocycles. The van der Waals surface area contributed by atoms with Crippen LogP contribution in [0.5, 0.6) is 0 Å². The predicted octanol–water partition coefficient (Wildman–Crippen LogP) is 1.66. The zero-order valence-corrected chi connectivity index (χ0v) is 16.7. The third-order valence-electron chi connectivity index (χ3n) is 5.70. The van der Waals surface area contributed by atoms with E-state index in [0.717, 1.165) is 30.7 Å². The van der Waals surface area contributed by atoms with E-state index in [4.69, 9.17) is 24.4 Å². The van der Waals surface area contributed by atoms with E-state index < -0.39 is 0 Å². The second kappa shape index (κ2) is 7.57. The minimum absolute atomic E-state index is 0.116. The molecule has 9 heteroatoms. The third kappa shape index (κ3) is 3.40. The molecule has 0 amide bonds. The van der Waals surface area contributed by atoms with Crippen LogP contribution < -0.4 is 9.80 Å². The zero-order chi connectivity index (χ0) is 19.8. The smallest absolute Gasteiger partial charge is 0.242 e. The van der Waals surface area contributed by atoms with Crippen LogP contribution in [0.15, 0.2) is 30.6 Å². The standard InChI is InChI=1S/C20H25N7O2/c1-14-15(2)29-12-9-26(14)19-22-18(25-7-10-28-11-8-25)23-20(24-19)27-13-21-16-5-3-4-6-17(16)27/h3-6,13-15H,7-12H2,1-2H3/t14-,15+/m1/s1. The molecule has 0 aliphatic carbocycles. The second-order valence-electron chi connectivity index (χ2n) is 7.45. The normalized spacial score (nSPS) is 23.0. The van der Waals surface area contributed by atoms with Gasteiger partial charge in [-0.2, -0.15) is 15.0 Å². The summed E-state index contributed by atoms with van der Waals surface area (Å²) in [5.41, 5.74) is 1.89. The summed E-state index contributed by atoms with van der Waals surface area (Å²) >= 11 is 0. The number of rotatable bonds is 3. The highest BCUT2D eigenvalue weighted by atomic mass is 16.5. The first-order chi connectivity index (χ1) is 14.2. The molecular formula is C20H25N7O2. The number of hydrogen-bond donors (Lipinski definition) is 0. The Hall–Kier alpha value is -2.78. The first-order valence-electron chi connectivity index (χ1n) is 10.1. The lowest BCUT2D eigenvalue weighted by Crippen LogP contribution is -2.49. The van der Waals surface area contributed by atoms with E-state index in [1.165, 1.54) is 0 Å². The predicted molar refractivity (Wildman–Crippen MR) is 110 cm³/mol. The first kappa shape index (κ1) is 18.3. The number of benzene rings is 1. The van der Waals surface area contributed by atoms with Gasteiger partial charge in [-0.05, 0) is 26.0 Å². The van der Waals surface area contributed by atoms with E-state index in [9.17, 15) is 0 Å². The van der Waals surface area contributed by atoms with Crippen LogP contribution in [0.25, 0.3) is 17.0 Å².